The number of hydrogen-bond donors (Lipinski definition) is 1. The zero-order valence-corrected chi connectivity index (χ0v) is 10.8. The fourth-order valence-electron chi connectivity index (χ4n) is 2.67. The number of aryl methyl sites for hydroxylation is 1. The molecule has 2 atom stereocenters. The van der Waals surface area contributed by atoms with E-state index in [1.807, 2.05) is 19.1 Å². The SMILES string of the molecule is Cc1ccc2nc(N)n(C3CCOCC3C)c2n1. The van der Waals surface area contributed by atoms with Crippen LogP contribution in [-0.2, 0) is 4.74 Å². The molecule has 0 aromatic carbocycles. The Kier molecular flexibility index (Phi) is 2.70. The number of nitrogens with zero attached hydrogens (tertiary/aromatic N) is 3. The second-order valence-corrected chi connectivity index (χ2v) is 5.04. The third-order valence-corrected chi connectivity index (χ3v) is 3.63. The van der Waals surface area contributed by atoms with Gasteiger partial charge in [-0.15, -0.1) is 0 Å². The van der Waals surface area contributed by atoms with Gasteiger partial charge in [-0.05, 0) is 25.5 Å². The molecule has 0 saturated carbocycles. The second-order valence-electron chi connectivity index (χ2n) is 5.04. The first-order valence-corrected chi connectivity index (χ1v) is 6.35. The lowest BCUT2D eigenvalue weighted by molar-refractivity contribution is 0.0302. The van der Waals surface area contributed by atoms with Crippen LogP contribution in [0.15, 0.2) is 12.1 Å². The van der Waals surface area contributed by atoms with E-state index >= 15 is 0 Å². The molecule has 1 aliphatic rings. The van der Waals surface area contributed by atoms with E-state index < -0.39 is 0 Å². The normalized spacial score (nSPS) is 24.6. The summed E-state index contributed by atoms with van der Waals surface area (Å²) in [5.41, 5.74) is 8.82. The average Bonchev–Trinajstić information content (AvgIpc) is 2.66. The summed E-state index contributed by atoms with van der Waals surface area (Å²) in [6, 6.07) is 4.28. The first kappa shape index (κ1) is 11.5. The zero-order valence-electron chi connectivity index (χ0n) is 10.8. The predicted molar refractivity (Wildman–Crippen MR) is 70.3 cm³/mol. The number of fused-ring (bicyclic) bond motifs is 1. The van der Waals surface area contributed by atoms with Gasteiger partial charge in [0.1, 0.15) is 5.52 Å². The fraction of sp³-hybridized carbons (Fsp3) is 0.538. The summed E-state index contributed by atoms with van der Waals surface area (Å²) < 4.78 is 7.57. The Morgan fingerprint density at radius 2 is 2.22 bits per heavy atom. The second kappa shape index (κ2) is 4.24. The molecule has 0 radical (unpaired) electrons. The van der Waals surface area contributed by atoms with Crippen LogP contribution >= 0.6 is 0 Å². The fourth-order valence-corrected chi connectivity index (χ4v) is 2.67. The first-order chi connectivity index (χ1) is 8.66. The van der Waals surface area contributed by atoms with Crippen molar-refractivity contribution in [1.29, 1.82) is 0 Å². The quantitative estimate of drug-likeness (QED) is 0.834. The summed E-state index contributed by atoms with van der Waals surface area (Å²) in [6.07, 6.45) is 0.965. The summed E-state index contributed by atoms with van der Waals surface area (Å²) in [7, 11) is 0. The summed E-state index contributed by atoms with van der Waals surface area (Å²) in [5.74, 6) is 0.989. The topological polar surface area (TPSA) is 66.0 Å². The molecule has 0 spiro atoms. The average molecular weight is 246 g/mol. The maximum absolute atomic E-state index is 6.07. The molecule has 0 amide bonds. The Bertz CT molecular complexity index is 578. The van der Waals surface area contributed by atoms with E-state index in [0.717, 1.165) is 36.5 Å². The molecule has 1 saturated heterocycles. The Morgan fingerprint density at radius 3 is 3.00 bits per heavy atom. The Morgan fingerprint density at radius 1 is 1.39 bits per heavy atom. The third kappa shape index (κ3) is 1.75. The van der Waals surface area contributed by atoms with Crippen molar-refractivity contribution in [2.24, 2.45) is 5.92 Å². The van der Waals surface area contributed by atoms with E-state index in [-0.39, 0.29) is 0 Å². The molecule has 18 heavy (non-hydrogen) atoms. The van der Waals surface area contributed by atoms with Gasteiger partial charge in [0, 0.05) is 24.3 Å². The molecule has 2 N–H and O–H groups in total. The van der Waals surface area contributed by atoms with Gasteiger partial charge in [0.25, 0.3) is 0 Å². The highest BCUT2D eigenvalue weighted by Crippen LogP contribution is 2.31. The lowest BCUT2D eigenvalue weighted by atomic mass is 9.97. The van der Waals surface area contributed by atoms with E-state index in [9.17, 15) is 0 Å². The van der Waals surface area contributed by atoms with Crippen LogP contribution in [0.4, 0.5) is 5.95 Å². The highest BCUT2D eigenvalue weighted by atomic mass is 16.5. The molecule has 96 valence electrons. The van der Waals surface area contributed by atoms with Gasteiger partial charge in [0.05, 0.1) is 6.61 Å². The van der Waals surface area contributed by atoms with E-state index in [1.54, 1.807) is 0 Å². The number of anilines is 1. The molecular weight excluding hydrogens is 228 g/mol. The predicted octanol–water partition coefficient (Wildman–Crippen LogP) is 1.92. The number of rotatable bonds is 1. The van der Waals surface area contributed by atoms with Crippen molar-refractivity contribution in [2.45, 2.75) is 26.3 Å². The Balaban J connectivity index is 2.14. The molecule has 1 fully saturated rings. The number of ether oxygens (including phenoxy) is 1. The van der Waals surface area contributed by atoms with Crippen molar-refractivity contribution < 1.29 is 4.74 Å². The van der Waals surface area contributed by atoms with Crippen LogP contribution in [0.5, 0.6) is 0 Å². The van der Waals surface area contributed by atoms with Crippen molar-refractivity contribution in [3.8, 4) is 0 Å². The molecule has 2 aromatic rings. The van der Waals surface area contributed by atoms with Crippen molar-refractivity contribution >= 4 is 17.1 Å². The molecular formula is C13H18N4O. The van der Waals surface area contributed by atoms with Crippen LogP contribution in [0, 0.1) is 12.8 Å². The van der Waals surface area contributed by atoms with Gasteiger partial charge in [-0.1, -0.05) is 6.92 Å². The Labute approximate surface area is 106 Å². The minimum atomic E-state index is 0.332. The number of hydrogen-bond acceptors (Lipinski definition) is 4. The van der Waals surface area contributed by atoms with Gasteiger partial charge in [0.15, 0.2) is 5.65 Å². The standard InChI is InChI=1S/C13H18N4O/c1-8-7-18-6-5-11(8)17-12-10(16-13(17)14)4-3-9(2)15-12/h3-4,8,11H,5-7H2,1-2H3,(H2,14,16). The van der Waals surface area contributed by atoms with Crippen LogP contribution in [0.25, 0.3) is 11.2 Å². The van der Waals surface area contributed by atoms with Gasteiger partial charge in [0.2, 0.25) is 5.95 Å². The van der Waals surface area contributed by atoms with Crippen molar-refractivity contribution in [2.75, 3.05) is 18.9 Å². The van der Waals surface area contributed by atoms with Gasteiger partial charge >= 0.3 is 0 Å². The first-order valence-electron chi connectivity index (χ1n) is 6.35. The van der Waals surface area contributed by atoms with Crippen LogP contribution in [0.1, 0.15) is 25.1 Å². The molecule has 5 heteroatoms. The van der Waals surface area contributed by atoms with Crippen LogP contribution in [0.3, 0.4) is 0 Å². The van der Waals surface area contributed by atoms with Crippen molar-refractivity contribution in [3.63, 3.8) is 0 Å². The third-order valence-electron chi connectivity index (χ3n) is 3.63. The number of nitrogen functional groups attached to an aromatic ring is 1. The number of aromatic nitrogens is 3. The van der Waals surface area contributed by atoms with Gasteiger partial charge in [-0.3, -0.25) is 4.57 Å². The molecule has 5 nitrogen and oxygen atoms in total. The van der Waals surface area contributed by atoms with Crippen LogP contribution in [0.2, 0.25) is 0 Å². The van der Waals surface area contributed by atoms with Gasteiger partial charge in [-0.25, -0.2) is 9.97 Å². The molecule has 0 aliphatic carbocycles. The monoisotopic (exact) mass is 246 g/mol. The molecule has 3 heterocycles. The minimum Gasteiger partial charge on any atom is -0.381 e. The van der Waals surface area contributed by atoms with E-state index in [2.05, 4.69) is 21.5 Å². The summed E-state index contributed by atoms with van der Waals surface area (Å²) in [6.45, 7) is 5.72. The van der Waals surface area contributed by atoms with Crippen molar-refractivity contribution in [3.05, 3.63) is 17.8 Å². The van der Waals surface area contributed by atoms with E-state index in [4.69, 9.17) is 10.5 Å². The molecule has 1 aliphatic heterocycles. The van der Waals surface area contributed by atoms with E-state index in [0.29, 0.717) is 17.9 Å². The van der Waals surface area contributed by atoms with Crippen LogP contribution in [-0.4, -0.2) is 27.7 Å². The maximum atomic E-state index is 6.07. The molecule has 2 aromatic heterocycles. The van der Waals surface area contributed by atoms with Gasteiger partial charge in [-0.2, -0.15) is 0 Å². The molecule has 3 rings (SSSR count). The maximum Gasteiger partial charge on any atom is 0.202 e. The molecule has 2 unspecified atom stereocenters. The van der Waals surface area contributed by atoms with E-state index in [1.165, 1.54) is 0 Å². The lowest BCUT2D eigenvalue weighted by Crippen LogP contribution is -2.28. The minimum absolute atomic E-state index is 0.332. The lowest BCUT2D eigenvalue weighted by Gasteiger charge is -2.30. The summed E-state index contributed by atoms with van der Waals surface area (Å²) in [5, 5.41) is 0. The number of imidazole rings is 1. The number of pyridine rings is 1. The van der Waals surface area contributed by atoms with Gasteiger partial charge < -0.3 is 10.5 Å². The van der Waals surface area contributed by atoms with Crippen LogP contribution < -0.4 is 5.73 Å². The van der Waals surface area contributed by atoms with Crippen molar-refractivity contribution in [1.82, 2.24) is 14.5 Å². The smallest absolute Gasteiger partial charge is 0.202 e. The Hall–Kier alpha value is -1.62. The molecule has 0 bridgehead atoms. The largest absolute Gasteiger partial charge is 0.381 e. The number of nitrogens with two attached hydrogens (primary N) is 1. The zero-order chi connectivity index (χ0) is 12.7. The summed E-state index contributed by atoms with van der Waals surface area (Å²) >= 11 is 0. The summed E-state index contributed by atoms with van der Waals surface area (Å²) in [4.78, 5) is 8.99. The highest BCUT2D eigenvalue weighted by molar-refractivity contribution is 5.74. The highest BCUT2D eigenvalue weighted by Gasteiger charge is 2.27.